The van der Waals surface area contributed by atoms with E-state index < -0.39 is 35.2 Å². The standard InChI is InChI=1S/C16H14F3N3O3/c17-16(18,19)13-12(8-20-22(13)11-4-2-1-3-5-11)14(23)21-7-6-10(9-21)15(24)25/h1-5,8,10H,6-7,9H2,(H,24,25). The van der Waals surface area contributed by atoms with Crippen molar-refractivity contribution >= 4 is 11.9 Å². The summed E-state index contributed by atoms with van der Waals surface area (Å²) in [6.07, 6.45) is -3.69. The minimum Gasteiger partial charge on any atom is -0.481 e. The molecule has 3 rings (SSSR count). The highest BCUT2D eigenvalue weighted by Gasteiger charge is 2.42. The van der Waals surface area contributed by atoms with Crippen molar-refractivity contribution in [3.05, 3.63) is 47.8 Å². The summed E-state index contributed by atoms with van der Waals surface area (Å²) in [6.45, 7) is -0.00834. The number of aromatic nitrogens is 2. The number of benzene rings is 1. The Morgan fingerprint density at radius 1 is 1.20 bits per heavy atom. The first kappa shape index (κ1) is 17.0. The van der Waals surface area contributed by atoms with Crippen LogP contribution in [0.25, 0.3) is 5.69 Å². The highest BCUT2D eigenvalue weighted by Crippen LogP contribution is 2.34. The molecule has 1 amide bonds. The maximum Gasteiger partial charge on any atom is 0.434 e. The van der Waals surface area contributed by atoms with Crippen LogP contribution in [0.15, 0.2) is 36.5 Å². The van der Waals surface area contributed by atoms with Gasteiger partial charge in [0.1, 0.15) is 0 Å². The van der Waals surface area contributed by atoms with Crippen LogP contribution >= 0.6 is 0 Å². The van der Waals surface area contributed by atoms with Crippen molar-refractivity contribution in [1.29, 1.82) is 0 Å². The van der Waals surface area contributed by atoms with Crippen LogP contribution in [-0.4, -0.2) is 44.8 Å². The van der Waals surface area contributed by atoms with E-state index in [1.807, 2.05) is 0 Å². The van der Waals surface area contributed by atoms with E-state index in [2.05, 4.69) is 5.10 Å². The molecule has 6 nitrogen and oxygen atoms in total. The van der Waals surface area contributed by atoms with Gasteiger partial charge in [0.15, 0.2) is 5.69 Å². The van der Waals surface area contributed by atoms with Crippen LogP contribution in [0.2, 0.25) is 0 Å². The third kappa shape index (κ3) is 3.21. The van der Waals surface area contributed by atoms with Crippen molar-refractivity contribution in [3.8, 4) is 5.69 Å². The number of carbonyl (C=O) groups is 2. The van der Waals surface area contributed by atoms with Gasteiger partial charge in [-0.25, -0.2) is 4.68 Å². The largest absolute Gasteiger partial charge is 0.481 e. The highest BCUT2D eigenvalue weighted by atomic mass is 19.4. The molecule has 132 valence electrons. The summed E-state index contributed by atoms with van der Waals surface area (Å²) >= 11 is 0. The lowest BCUT2D eigenvalue weighted by Gasteiger charge is -2.17. The average Bonchev–Trinajstić information content (AvgIpc) is 3.22. The molecule has 25 heavy (non-hydrogen) atoms. The number of para-hydroxylation sites is 1. The van der Waals surface area contributed by atoms with E-state index >= 15 is 0 Å². The number of amides is 1. The second-order valence-corrected chi connectivity index (χ2v) is 5.73. The van der Waals surface area contributed by atoms with Crippen LogP contribution in [0.1, 0.15) is 22.5 Å². The summed E-state index contributed by atoms with van der Waals surface area (Å²) in [5, 5.41) is 12.7. The minimum atomic E-state index is -4.79. The zero-order valence-electron chi connectivity index (χ0n) is 12.9. The van der Waals surface area contributed by atoms with Gasteiger partial charge in [-0.1, -0.05) is 18.2 Å². The summed E-state index contributed by atoms with van der Waals surface area (Å²) in [7, 11) is 0. The van der Waals surface area contributed by atoms with Gasteiger partial charge in [-0.3, -0.25) is 9.59 Å². The first-order valence-electron chi connectivity index (χ1n) is 7.51. The Morgan fingerprint density at radius 2 is 1.88 bits per heavy atom. The van der Waals surface area contributed by atoms with Crippen molar-refractivity contribution in [1.82, 2.24) is 14.7 Å². The molecule has 1 atom stereocenters. The number of hydrogen-bond donors (Lipinski definition) is 1. The quantitative estimate of drug-likeness (QED) is 0.920. The second-order valence-electron chi connectivity index (χ2n) is 5.73. The molecule has 1 N–H and O–H groups in total. The predicted octanol–water partition coefficient (Wildman–Crippen LogP) is 2.44. The summed E-state index contributed by atoms with van der Waals surface area (Å²) in [5.74, 6) is -2.69. The number of aliphatic carboxylic acids is 1. The van der Waals surface area contributed by atoms with E-state index in [1.165, 1.54) is 12.1 Å². The van der Waals surface area contributed by atoms with E-state index in [0.29, 0.717) is 4.68 Å². The van der Waals surface area contributed by atoms with E-state index in [0.717, 1.165) is 11.1 Å². The fourth-order valence-electron chi connectivity index (χ4n) is 2.86. The SMILES string of the molecule is O=C(O)C1CCN(C(=O)c2cnn(-c3ccccc3)c2C(F)(F)F)C1. The number of carbonyl (C=O) groups excluding carboxylic acids is 1. The van der Waals surface area contributed by atoms with Crippen LogP contribution in [0.4, 0.5) is 13.2 Å². The molecule has 2 aromatic rings. The molecule has 1 aliphatic rings. The van der Waals surface area contributed by atoms with Gasteiger partial charge < -0.3 is 10.0 Å². The third-order valence-electron chi connectivity index (χ3n) is 4.09. The van der Waals surface area contributed by atoms with Crippen molar-refractivity contribution < 1.29 is 27.9 Å². The van der Waals surface area contributed by atoms with Gasteiger partial charge in [0.25, 0.3) is 5.91 Å². The van der Waals surface area contributed by atoms with Crippen molar-refractivity contribution in [2.24, 2.45) is 5.92 Å². The number of alkyl halides is 3. The summed E-state index contributed by atoms with van der Waals surface area (Å²) in [5.41, 5.74) is -1.57. The zero-order chi connectivity index (χ0) is 18.2. The van der Waals surface area contributed by atoms with Gasteiger partial charge in [-0.05, 0) is 18.6 Å². The fourth-order valence-corrected chi connectivity index (χ4v) is 2.86. The lowest BCUT2D eigenvalue weighted by atomic mass is 10.1. The first-order chi connectivity index (χ1) is 11.8. The lowest BCUT2D eigenvalue weighted by Crippen LogP contribution is -2.31. The maximum absolute atomic E-state index is 13.6. The smallest absolute Gasteiger partial charge is 0.434 e. The number of hydrogen-bond acceptors (Lipinski definition) is 3. The highest BCUT2D eigenvalue weighted by molar-refractivity contribution is 5.96. The molecule has 1 aromatic heterocycles. The van der Waals surface area contributed by atoms with E-state index in [1.54, 1.807) is 18.2 Å². The second kappa shape index (κ2) is 6.23. The molecule has 0 radical (unpaired) electrons. The van der Waals surface area contributed by atoms with E-state index in [4.69, 9.17) is 5.11 Å². The molecule has 0 spiro atoms. The van der Waals surface area contributed by atoms with Crippen LogP contribution in [0.3, 0.4) is 0 Å². The molecule has 9 heteroatoms. The Labute approximate surface area is 140 Å². The van der Waals surface area contributed by atoms with E-state index in [-0.39, 0.29) is 25.2 Å². The zero-order valence-corrected chi connectivity index (χ0v) is 12.9. The summed E-state index contributed by atoms with van der Waals surface area (Å²) in [4.78, 5) is 24.6. The Kier molecular flexibility index (Phi) is 4.23. The molecule has 1 aliphatic heterocycles. The molecule has 0 bridgehead atoms. The van der Waals surface area contributed by atoms with Crippen LogP contribution < -0.4 is 0 Å². The van der Waals surface area contributed by atoms with Crippen molar-refractivity contribution in [3.63, 3.8) is 0 Å². The lowest BCUT2D eigenvalue weighted by molar-refractivity contribution is -0.143. The molecule has 1 unspecified atom stereocenters. The molecule has 1 saturated heterocycles. The Balaban J connectivity index is 1.99. The average molecular weight is 353 g/mol. The van der Waals surface area contributed by atoms with E-state index in [9.17, 15) is 22.8 Å². The van der Waals surface area contributed by atoms with Gasteiger partial charge in [-0.15, -0.1) is 0 Å². The number of halogens is 3. The molecular weight excluding hydrogens is 339 g/mol. The topological polar surface area (TPSA) is 75.4 Å². The molecule has 1 fully saturated rings. The Hall–Kier alpha value is -2.84. The predicted molar refractivity (Wildman–Crippen MR) is 80.2 cm³/mol. The monoisotopic (exact) mass is 353 g/mol. The molecule has 2 heterocycles. The minimum absolute atomic E-state index is 0.101. The van der Waals surface area contributed by atoms with Gasteiger partial charge in [0.2, 0.25) is 0 Å². The van der Waals surface area contributed by atoms with Gasteiger partial charge >= 0.3 is 12.1 Å². The maximum atomic E-state index is 13.6. The number of carboxylic acid groups (broad SMARTS) is 1. The molecule has 0 saturated carbocycles. The first-order valence-corrected chi connectivity index (χ1v) is 7.51. The molecular formula is C16H14F3N3O3. The van der Waals surface area contributed by atoms with Gasteiger partial charge in [0, 0.05) is 13.1 Å². The molecule has 0 aliphatic carbocycles. The number of rotatable bonds is 3. The van der Waals surface area contributed by atoms with Crippen LogP contribution in [-0.2, 0) is 11.0 Å². The van der Waals surface area contributed by atoms with Crippen molar-refractivity contribution in [2.45, 2.75) is 12.6 Å². The van der Waals surface area contributed by atoms with Crippen molar-refractivity contribution in [2.75, 3.05) is 13.1 Å². The Morgan fingerprint density at radius 3 is 2.44 bits per heavy atom. The number of likely N-dealkylation sites (tertiary alicyclic amines) is 1. The summed E-state index contributed by atoms with van der Waals surface area (Å²) in [6, 6.07) is 7.69. The summed E-state index contributed by atoms with van der Waals surface area (Å²) < 4.78 is 41.3. The third-order valence-corrected chi connectivity index (χ3v) is 4.09. The van der Waals surface area contributed by atoms with Crippen LogP contribution in [0, 0.1) is 5.92 Å². The molecule has 1 aromatic carbocycles. The normalized spacial score (nSPS) is 17.7. The number of nitrogens with zero attached hydrogens (tertiary/aromatic N) is 3. The van der Waals surface area contributed by atoms with Gasteiger partial charge in [-0.2, -0.15) is 18.3 Å². The van der Waals surface area contributed by atoms with Crippen LogP contribution in [0.5, 0.6) is 0 Å². The van der Waals surface area contributed by atoms with Gasteiger partial charge in [0.05, 0.1) is 23.4 Å². The fraction of sp³-hybridized carbons (Fsp3) is 0.312. The Bertz CT molecular complexity index is 802. The number of carboxylic acids is 1.